The molecular formula is C20H20FNO6S. The molecule has 1 aliphatic rings. The highest BCUT2D eigenvalue weighted by Crippen LogP contribution is 2.26. The number of rotatable bonds is 5. The van der Waals surface area contributed by atoms with Crippen LogP contribution in [0.4, 0.5) is 4.39 Å². The van der Waals surface area contributed by atoms with Crippen LogP contribution in [0.1, 0.15) is 23.2 Å². The van der Waals surface area contributed by atoms with Crippen molar-refractivity contribution in [3.05, 3.63) is 59.9 Å². The van der Waals surface area contributed by atoms with Gasteiger partial charge in [0.2, 0.25) is 10.0 Å². The number of esters is 2. The third kappa shape index (κ3) is 4.63. The molecule has 9 heteroatoms. The first-order chi connectivity index (χ1) is 13.8. The predicted molar refractivity (Wildman–Crippen MR) is 101 cm³/mol. The van der Waals surface area contributed by atoms with E-state index in [2.05, 4.69) is 4.74 Å². The number of carbonyl (C=O) groups excluding carboxylic acids is 2. The number of nitrogens with zero attached hydrogens (tertiary/aromatic N) is 1. The predicted octanol–water partition coefficient (Wildman–Crippen LogP) is 2.62. The van der Waals surface area contributed by atoms with Gasteiger partial charge in [0.25, 0.3) is 0 Å². The highest BCUT2D eigenvalue weighted by Gasteiger charge is 2.34. The summed E-state index contributed by atoms with van der Waals surface area (Å²) in [6.07, 6.45) is 0.541. The van der Waals surface area contributed by atoms with Gasteiger partial charge in [-0.2, -0.15) is 4.31 Å². The number of benzene rings is 2. The lowest BCUT2D eigenvalue weighted by atomic mass is 9.98. The van der Waals surface area contributed by atoms with Crippen molar-refractivity contribution in [1.29, 1.82) is 0 Å². The number of ether oxygens (including phenoxy) is 2. The fourth-order valence-corrected chi connectivity index (χ4v) is 4.64. The molecule has 154 valence electrons. The van der Waals surface area contributed by atoms with E-state index in [9.17, 15) is 22.4 Å². The van der Waals surface area contributed by atoms with Crippen molar-refractivity contribution in [2.24, 2.45) is 5.92 Å². The second kappa shape index (κ2) is 8.71. The summed E-state index contributed by atoms with van der Waals surface area (Å²) >= 11 is 0. The first kappa shape index (κ1) is 20.9. The summed E-state index contributed by atoms with van der Waals surface area (Å²) in [5.74, 6) is -1.96. The van der Waals surface area contributed by atoms with Crippen LogP contribution in [0.2, 0.25) is 0 Å². The Labute approximate surface area is 168 Å². The topological polar surface area (TPSA) is 90.0 Å². The van der Waals surface area contributed by atoms with Crippen LogP contribution in [-0.2, 0) is 19.6 Å². The molecule has 0 aromatic heterocycles. The molecule has 0 atom stereocenters. The molecule has 1 saturated heterocycles. The fourth-order valence-electron chi connectivity index (χ4n) is 3.10. The average Bonchev–Trinajstić information content (AvgIpc) is 2.74. The van der Waals surface area contributed by atoms with E-state index in [-0.39, 0.29) is 36.6 Å². The van der Waals surface area contributed by atoms with E-state index in [0.717, 1.165) is 6.07 Å². The van der Waals surface area contributed by atoms with E-state index < -0.39 is 33.7 Å². The maximum atomic E-state index is 13.9. The maximum absolute atomic E-state index is 13.9. The molecule has 7 nitrogen and oxygen atoms in total. The Morgan fingerprint density at radius 2 is 1.66 bits per heavy atom. The van der Waals surface area contributed by atoms with Crippen LogP contribution in [0.3, 0.4) is 0 Å². The minimum Gasteiger partial charge on any atom is -0.465 e. The van der Waals surface area contributed by atoms with Gasteiger partial charge in [-0.3, -0.25) is 4.79 Å². The Bertz CT molecular complexity index is 998. The average molecular weight is 421 g/mol. The largest absolute Gasteiger partial charge is 0.465 e. The van der Waals surface area contributed by atoms with E-state index in [1.54, 1.807) is 0 Å². The van der Waals surface area contributed by atoms with Crippen LogP contribution in [-0.4, -0.2) is 44.9 Å². The fraction of sp³-hybridized carbons (Fsp3) is 0.300. The zero-order valence-electron chi connectivity index (χ0n) is 15.7. The van der Waals surface area contributed by atoms with Gasteiger partial charge in [0.15, 0.2) is 0 Å². The lowest BCUT2D eigenvalue weighted by molar-refractivity contribution is -0.140. The molecule has 3 rings (SSSR count). The van der Waals surface area contributed by atoms with Crippen LogP contribution in [0.15, 0.2) is 53.4 Å². The SMILES string of the molecule is COC(=O)c1ccc(OC(=O)C2CCN(S(=O)(=O)c3ccccc3F)CC2)cc1. The van der Waals surface area contributed by atoms with E-state index in [1.807, 2.05) is 0 Å². The van der Waals surface area contributed by atoms with Crippen molar-refractivity contribution in [2.75, 3.05) is 20.2 Å². The second-order valence-corrected chi connectivity index (χ2v) is 8.45. The molecule has 0 radical (unpaired) electrons. The summed E-state index contributed by atoms with van der Waals surface area (Å²) < 4.78 is 50.2. The number of carbonyl (C=O) groups is 2. The number of sulfonamides is 1. The summed E-state index contributed by atoms with van der Waals surface area (Å²) in [6, 6.07) is 11.2. The third-order valence-electron chi connectivity index (χ3n) is 4.74. The molecular weight excluding hydrogens is 401 g/mol. The Kier molecular flexibility index (Phi) is 6.29. The van der Waals surface area contributed by atoms with Crippen LogP contribution in [0.25, 0.3) is 0 Å². The van der Waals surface area contributed by atoms with Gasteiger partial charge in [-0.05, 0) is 49.2 Å². The highest BCUT2D eigenvalue weighted by molar-refractivity contribution is 7.89. The van der Waals surface area contributed by atoms with Crippen molar-refractivity contribution in [2.45, 2.75) is 17.7 Å². The molecule has 1 aliphatic heterocycles. The smallest absolute Gasteiger partial charge is 0.337 e. The molecule has 0 unspecified atom stereocenters. The minimum atomic E-state index is -3.95. The zero-order valence-corrected chi connectivity index (χ0v) is 16.5. The molecule has 0 bridgehead atoms. The summed E-state index contributed by atoms with van der Waals surface area (Å²) in [7, 11) is -2.68. The monoisotopic (exact) mass is 421 g/mol. The molecule has 1 fully saturated rings. The molecule has 0 amide bonds. The maximum Gasteiger partial charge on any atom is 0.337 e. The summed E-state index contributed by atoms with van der Waals surface area (Å²) in [5, 5.41) is 0. The van der Waals surface area contributed by atoms with Gasteiger partial charge in [-0.1, -0.05) is 12.1 Å². The quantitative estimate of drug-likeness (QED) is 0.545. The number of halogens is 1. The number of methoxy groups -OCH3 is 1. The molecule has 2 aromatic carbocycles. The number of hydrogen-bond acceptors (Lipinski definition) is 6. The standard InChI is InChI=1S/C20H20FNO6S/c1-27-19(23)14-6-8-16(9-7-14)28-20(24)15-10-12-22(13-11-15)29(25,26)18-5-3-2-4-17(18)21/h2-9,15H,10-13H2,1H3. The normalized spacial score (nSPS) is 15.7. The van der Waals surface area contributed by atoms with Crippen molar-refractivity contribution >= 4 is 22.0 Å². The number of hydrogen-bond donors (Lipinski definition) is 0. The van der Waals surface area contributed by atoms with Gasteiger partial charge in [0, 0.05) is 13.1 Å². The van der Waals surface area contributed by atoms with Gasteiger partial charge < -0.3 is 9.47 Å². The van der Waals surface area contributed by atoms with Crippen molar-refractivity contribution < 1.29 is 31.9 Å². The first-order valence-corrected chi connectivity index (χ1v) is 10.4. The Balaban J connectivity index is 1.60. The van der Waals surface area contributed by atoms with E-state index in [0.29, 0.717) is 5.56 Å². The van der Waals surface area contributed by atoms with Gasteiger partial charge in [0.1, 0.15) is 16.5 Å². The van der Waals surface area contributed by atoms with Crippen LogP contribution in [0, 0.1) is 11.7 Å². The zero-order chi connectivity index (χ0) is 21.0. The third-order valence-corrected chi connectivity index (χ3v) is 6.67. The molecule has 0 saturated carbocycles. The number of piperidine rings is 1. The summed E-state index contributed by atoms with van der Waals surface area (Å²) in [6.45, 7) is 0.190. The summed E-state index contributed by atoms with van der Waals surface area (Å²) in [5.41, 5.74) is 0.332. The lowest BCUT2D eigenvalue weighted by Crippen LogP contribution is -2.41. The van der Waals surface area contributed by atoms with Crippen LogP contribution in [0.5, 0.6) is 5.75 Å². The Morgan fingerprint density at radius 1 is 1.03 bits per heavy atom. The highest BCUT2D eigenvalue weighted by atomic mass is 32.2. The van der Waals surface area contributed by atoms with E-state index >= 15 is 0 Å². The Morgan fingerprint density at radius 3 is 2.24 bits per heavy atom. The molecule has 0 spiro atoms. The minimum absolute atomic E-state index is 0.0950. The molecule has 29 heavy (non-hydrogen) atoms. The van der Waals surface area contributed by atoms with Gasteiger partial charge >= 0.3 is 11.9 Å². The van der Waals surface area contributed by atoms with E-state index in [4.69, 9.17) is 4.74 Å². The van der Waals surface area contributed by atoms with Gasteiger partial charge in [-0.15, -0.1) is 0 Å². The van der Waals surface area contributed by atoms with Crippen molar-refractivity contribution in [3.63, 3.8) is 0 Å². The van der Waals surface area contributed by atoms with Crippen molar-refractivity contribution in [1.82, 2.24) is 4.31 Å². The first-order valence-electron chi connectivity index (χ1n) is 8.97. The Hall–Kier alpha value is -2.78. The molecule has 0 aliphatic carbocycles. The van der Waals surface area contributed by atoms with Gasteiger partial charge in [0.05, 0.1) is 18.6 Å². The molecule has 0 N–H and O–H groups in total. The second-order valence-electron chi connectivity index (χ2n) is 6.55. The van der Waals surface area contributed by atoms with Crippen LogP contribution < -0.4 is 4.74 Å². The molecule has 1 heterocycles. The van der Waals surface area contributed by atoms with Crippen LogP contribution >= 0.6 is 0 Å². The molecule has 2 aromatic rings. The van der Waals surface area contributed by atoms with E-state index in [1.165, 1.54) is 53.9 Å². The van der Waals surface area contributed by atoms with Gasteiger partial charge in [-0.25, -0.2) is 17.6 Å². The van der Waals surface area contributed by atoms with Crippen molar-refractivity contribution in [3.8, 4) is 5.75 Å². The summed E-state index contributed by atoms with van der Waals surface area (Å²) in [4.78, 5) is 23.4. The lowest BCUT2D eigenvalue weighted by Gasteiger charge is -2.30.